The summed E-state index contributed by atoms with van der Waals surface area (Å²) in [7, 11) is 0. The van der Waals surface area contributed by atoms with Crippen LogP contribution in [-0.2, 0) is 6.54 Å². The van der Waals surface area contributed by atoms with Crippen molar-refractivity contribution in [3.8, 4) is 0 Å². The van der Waals surface area contributed by atoms with Gasteiger partial charge in [-0.1, -0.05) is 23.2 Å². The van der Waals surface area contributed by atoms with Gasteiger partial charge in [-0.2, -0.15) is 0 Å². The molecular formula is C12H10Cl2N4O3. The van der Waals surface area contributed by atoms with Crippen LogP contribution in [0.4, 0.5) is 11.4 Å². The number of anilines is 1. The Morgan fingerprint density at radius 3 is 2.57 bits per heavy atom. The molecular weight excluding hydrogens is 319 g/mol. The van der Waals surface area contributed by atoms with Crippen LogP contribution >= 0.6 is 23.2 Å². The molecule has 9 heteroatoms. The van der Waals surface area contributed by atoms with Gasteiger partial charge in [-0.15, -0.1) is 10.2 Å². The monoisotopic (exact) mass is 328 g/mol. The first-order valence-electron chi connectivity index (χ1n) is 6.24. The Kier molecular flexibility index (Phi) is 3.69. The fourth-order valence-corrected chi connectivity index (χ4v) is 2.44. The van der Waals surface area contributed by atoms with Crippen molar-refractivity contribution in [3.05, 3.63) is 44.1 Å². The lowest BCUT2D eigenvalue weighted by Gasteiger charge is -2.08. The molecule has 110 valence electrons. The van der Waals surface area contributed by atoms with Crippen molar-refractivity contribution in [3.63, 3.8) is 0 Å². The maximum atomic E-state index is 10.7. The highest BCUT2D eigenvalue weighted by Crippen LogP contribution is 2.39. The Balaban J connectivity index is 1.73. The smallest absolute Gasteiger partial charge is 0.272 e. The zero-order chi connectivity index (χ0) is 15.0. The Labute approximate surface area is 129 Å². The lowest BCUT2D eigenvalue weighted by atomic mass is 10.2. The minimum absolute atomic E-state index is 0.163. The van der Waals surface area contributed by atoms with Gasteiger partial charge in [0, 0.05) is 18.1 Å². The number of benzene rings is 1. The molecule has 21 heavy (non-hydrogen) atoms. The second-order valence-corrected chi connectivity index (χ2v) is 5.52. The van der Waals surface area contributed by atoms with Gasteiger partial charge in [0.2, 0.25) is 11.8 Å². The van der Waals surface area contributed by atoms with Crippen LogP contribution < -0.4 is 5.32 Å². The van der Waals surface area contributed by atoms with Crippen LogP contribution in [0.5, 0.6) is 0 Å². The maximum Gasteiger partial charge on any atom is 0.272 e. The standard InChI is InChI=1S/C12H10Cl2N4O3/c13-8-3-7(18(19)20)4-9(14)11(8)15-5-10-16-17-12(21-10)6-1-2-6/h3-4,6,15H,1-2,5H2. The number of nitro benzene ring substituents is 1. The third-order valence-electron chi connectivity index (χ3n) is 3.06. The van der Waals surface area contributed by atoms with E-state index in [2.05, 4.69) is 15.5 Å². The van der Waals surface area contributed by atoms with Crippen molar-refractivity contribution in [2.24, 2.45) is 0 Å². The third kappa shape index (κ3) is 3.08. The van der Waals surface area contributed by atoms with Gasteiger partial charge in [-0.25, -0.2) is 0 Å². The number of nitro groups is 1. The number of rotatable bonds is 5. The van der Waals surface area contributed by atoms with Gasteiger partial charge < -0.3 is 9.73 Å². The molecule has 1 saturated carbocycles. The molecule has 1 aromatic carbocycles. The van der Waals surface area contributed by atoms with E-state index < -0.39 is 4.92 Å². The van der Waals surface area contributed by atoms with Crippen LogP contribution in [0.2, 0.25) is 10.0 Å². The molecule has 0 bridgehead atoms. The Morgan fingerprint density at radius 2 is 2.00 bits per heavy atom. The molecule has 0 atom stereocenters. The van der Waals surface area contributed by atoms with E-state index in [4.69, 9.17) is 27.6 Å². The first-order valence-corrected chi connectivity index (χ1v) is 7.00. The molecule has 1 aliphatic rings. The first-order chi connectivity index (χ1) is 10.0. The summed E-state index contributed by atoms with van der Waals surface area (Å²) in [5.41, 5.74) is 0.236. The van der Waals surface area contributed by atoms with Gasteiger partial charge in [0.15, 0.2) is 0 Å². The highest BCUT2D eigenvalue weighted by molar-refractivity contribution is 6.39. The lowest BCUT2D eigenvalue weighted by molar-refractivity contribution is -0.384. The fourth-order valence-electron chi connectivity index (χ4n) is 1.83. The van der Waals surface area contributed by atoms with Gasteiger partial charge in [0.1, 0.15) is 0 Å². The van der Waals surface area contributed by atoms with Crippen LogP contribution in [0, 0.1) is 10.1 Å². The third-order valence-corrected chi connectivity index (χ3v) is 3.66. The summed E-state index contributed by atoms with van der Waals surface area (Å²) in [5.74, 6) is 1.45. The summed E-state index contributed by atoms with van der Waals surface area (Å²) in [6.07, 6.45) is 2.16. The number of nitrogens with zero attached hydrogens (tertiary/aromatic N) is 3. The largest absolute Gasteiger partial charge is 0.423 e. The summed E-state index contributed by atoms with van der Waals surface area (Å²) in [4.78, 5) is 10.1. The van der Waals surface area contributed by atoms with Gasteiger partial charge in [0.05, 0.1) is 27.2 Å². The van der Waals surface area contributed by atoms with Gasteiger partial charge in [-0.05, 0) is 12.8 Å². The highest BCUT2D eigenvalue weighted by atomic mass is 35.5. The average molecular weight is 329 g/mol. The maximum absolute atomic E-state index is 10.7. The minimum atomic E-state index is -0.554. The van der Waals surface area contributed by atoms with Crippen LogP contribution in [0.15, 0.2) is 16.5 Å². The number of hydrogen-bond acceptors (Lipinski definition) is 6. The van der Waals surface area contributed by atoms with E-state index >= 15 is 0 Å². The van der Waals surface area contributed by atoms with Crippen molar-refractivity contribution in [1.29, 1.82) is 0 Å². The van der Waals surface area contributed by atoms with Crippen molar-refractivity contribution < 1.29 is 9.34 Å². The van der Waals surface area contributed by atoms with Crippen molar-refractivity contribution >= 4 is 34.6 Å². The molecule has 0 amide bonds. The Hall–Kier alpha value is -1.86. The fraction of sp³-hybridized carbons (Fsp3) is 0.333. The molecule has 1 fully saturated rings. The van der Waals surface area contributed by atoms with E-state index in [1.54, 1.807) is 0 Å². The number of aromatic nitrogens is 2. The van der Waals surface area contributed by atoms with Crippen LogP contribution in [0.25, 0.3) is 0 Å². The molecule has 3 rings (SSSR count). The number of nitrogens with one attached hydrogen (secondary N) is 1. The van der Waals surface area contributed by atoms with Gasteiger partial charge >= 0.3 is 0 Å². The van der Waals surface area contributed by atoms with E-state index in [0.717, 1.165) is 12.8 Å². The molecule has 0 spiro atoms. The van der Waals surface area contributed by atoms with Crippen molar-refractivity contribution in [1.82, 2.24) is 10.2 Å². The summed E-state index contributed by atoms with van der Waals surface area (Å²) >= 11 is 12.0. The average Bonchev–Trinajstić information content (AvgIpc) is 3.17. The van der Waals surface area contributed by atoms with E-state index in [-0.39, 0.29) is 22.3 Å². The minimum Gasteiger partial charge on any atom is -0.423 e. The quantitative estimate of drug-likeness (QED) is 0.663. The molecule has 7 nitrogen and oxygen atoms in total. The normalized spacial score (nSPS) is 14.2. The van der Waals surface area contributed by atoms with Crippen LogP contribution in [-0.4, -0.2) is 15.1 Å². The van der Waals surface area contributed by atoms with Crippen LogP contribution in [0.3, 0.4) is 0 Å². The second kappa shape index (κ2) is 5.50. The summed E-state index contributed by atoms with van der Waals surface area (Å²) < 4.78 is 5.49. The molecule has 0 radical (unpaired) electrons. The highest BCUT2D eigenvalue weighted by Gasteiger charge is 2.29. The Morgan fingerprint density at radius 1 is 1.33 bits per heavy atom. The molecule has 0 unspecified atom stereocenters. The van der Waals surface area contributed by atoms with E-state index in [0.29, 0.717) is 23.4 Å². The van der Waals surface area contributed by atoms with Gasteiger partial charge in [0.25, 0.3) is 5.69 Å². The summed E-state index contributed by atoms with van der Waals surface area (Å²) in [6.45, 7) is 0.247. The second-order valence-electron chi connectivity index (χ2n) is 4.70. The lowest BCUT2D eigenvalue weighted by Crippen LogP contribution is -2.01. The number of hydrogen-bond donors (Lipinski definition) is 1. The van der Waals surface area contributed by atoms with Crippen LogP contribution in [0.1, 0.15) is 30.5 Å². The Bertz CT molecular complexity index is 677. The van der Waals surface area contributed by atoms with E-state index in [9.17, 15) is 10.1 Å². The summed E-state index contributed by atoms with van der Waals surface area (Å²) in [6, 6.07) is 2.47. The number of non-ortho nitro benzene ring substituents is 1. The summed E-state index contributed by atoms with van der Waals surface area (Å²) in [5, 5.41) is 21.9. The predicted molar refractivity (Wildman–Crippen MR) is 76.7 cm³/mol. The predicted octanol–water partition coefficient (Wildman–Crippen LogP) is 3.77. The molecule has 1 heterocycles. The zero-order valence-corrected chi connectivity index (χ0v) is 12.2. The molecule has 1 aromatic heterocycles. The van der Waals surface area contributed by atoms with E-state index in [1.165, 1.54) is 12.1 Å². The van der Waals surface area contributed by atoms with Crippen molar-refractivity contribution in [2.75, 3.05) is 5.32 Å². The molecule has 1 N–H and O–H groups in total. The molecule has 2 aromatic rings. The first kappa shape index (κ1) is 14.1. The molecule has 0 saturated heterocycles. The van der Waals surface area contributed by atoms with E-state index in [1.807, 2.05) is 0 Å². The SMILES string of the molecule is O=[N+]([O-])c1cc(Cl)c(NCc2nnc(C3CC3)o2)c(Cl)c1. The van der Waals surface area contributed by atoms with Crippen molar-refractivity contribution in [2.45, 2.75) is 25.3 Å². The zero-order valence-electron chi connectivity index (χ0n) is 10.7. The number of halogens is 2. The molecule has 1 aliphatic carbocycles. The molecule has 0 aliphatic heterocycles. The van der Waals surface area contributed by atoms with Gasteiger partial charge in [-0.3, -0.25) is 10.1 Å². The topological polar surface area (TPSA) is 94.1 Å².